The molecular formula is C9H20N2O. The van der Waals surface area contributed by atoms with Crippen LogP contribution >= 0.6 is 0 Å². The van der Waals surface area contributed by atoms with Crippen LogP contribution in [-0.4, -0.2) is 18.8 Å². The molecule has 3 N–H and O–H groups in total. The van der Waals surface area contributed by atoms with Gasteiger partial charge in [-0.25, -0.2) is 0 Å². The van der Waals surface area contributed by atoms with Crippen LogP contribution in [0.3, 0.4) is 0 Å². The topological polar surface area (TPSA) is 47.3 Å². The number of hydrogen-bond donors (Lipinski definition) is 2. The van der Waals surface area contributed by atoms with Crippen molar-refractivity contribution in [2.24, 2.45) is 5.84 Å². The fourth-order valence-electron chi connectivity index (χ4n) is 1.55. The molecule has 1 fully saturated rings. The minimum Gasteiger partial charge on any atom is -0.378 e. The first-order valence-electron chi connectivity index (χ1n) is 4.90. The number of nitrogens with two attached hydrogens (primary N) is 1. The van der Waals surface area contributed by atoms with Crippen LogP contribution < -0.4 is 11.3 Å². The quantitative estimate of drug-likeness (QED) is 0.494. The molecular weight excluding hydrogens is 152 g/mol. The second-order valence-electron chi connectivity index (χ2n) is 3.63. The maximum Gasteiger partial charge on any atom is 0.0575 e. The van der Waals surface area contributed by atoms with Crippen LogP contribution in [0.25, 0.3) is 0 Å². The van der Waals surface area contributed by atoms with Crippen molar-refractivity contribution in [2.75, 3.05) is 6.61 Å². The molecule has 0 aromatic carbocycles. The standard InChI is InChI=1S/C9H20N2O/c1-8(11-10)5-6-9-4-2-3-7-12-9/h8-9,11H,2-7,10H2,1H3. The molecule has 12 heavy (non-hydrogen) atoms. The van der Waals surface area contributed by atoms with E-state index < -0.39 is 0 Å². The fourth-order valence-corrected chi connectivity index (χ4v) is 1.55. The second-order valence-corrected chi connectivity index (χ2v) is 3.63. The zero-order chi connectivity index (χ0) is 8.81. The molecule has 0 radical (unpaired) electrons. The molecule has 0 spiro atoms. The summed E-state index contributed by atoms with van der Waals surface area (Å²) in [6.45, 7) is 3.05. The maximum atomic E-state index is 5.60. The monoisotopic (exact) mass is 172 g/mol. The molecule has 1 rings (SSSR count). The summed E-state index contributed by atoms with van der Waals surface area (Å²) in [6.07, 6.45) is 6.55. The highest BCUT2D eigenvalue weighted by atomic mass is 16.5. The molecule has 0 amide bonds. The normalized spacial score (nSPS) is 27.0. The van der Waals surface area contributed by atoms with E-state index in [0.29, 0.717) is 12.1 Å². The van der Waals surface area contributed by atoms with Crippen LogP contribution in [0.4, 0.5) is 0 Å². The number of ether oxygens (including phenoxy) is 1. The lowest BCUT2D eigenvalue weighted by Crippen LogP contribution is -2.33. The SMILES string of the molecule is CC(CCC1CCCCO1)NN. The Bertz CT molecular complexity index is 113. The average Bonchev–Trinajstić information content (AvgIpc) is 2.16. The Balaban J connectivity index is 2.05. The molecule has 0 aliphatic carbocycles. The van der Waals surface area contributed by atoms with Gasteiger partial charge in [-0.05, 0) is 39.0 Å². The van der Waals surface area contributed by atoms with Gasteiger partial charge in [0.15, 0.2) is 0 Å². The van der Waals surface area contributed by atoms with Gasteiger partial charge in [-0.15, -0.1) is 0 Å². The minimum atomic E-state index is 0.413. The summed E-state index contributed by atoms with van der Waals surface area (Å²) in [4.78, 5) is 0. The van der Waals surface area contributed by atoms with E-state index in [1.807, 2.05) is 0 Å². The number of hydrogen-bond acceptors (Lipinski definition) is 3. The highest BCUT2D eigenvalue weighted by Gasteiger charge is 2.14. The third-order valence-electron chi connectivity index (χ3n) is 2.48. The van der Waals surface area contributed by atoms with Crippen LogP contribution in [-0.2, 0) is 4.74 Å². The summed E-state index contributed by atoms with van der Waals surface area (Å²) in [6, 6.07) is 0.413. The molecule has 1 aliphatic heterocycles. The summed E-state index contributed by atoms with van der Waals surface area (Å²) < 4.78 is 5.60. The van der Waals surface area contributed by atoms with Crippen molar-refractivity contribution in [3.63, 3.8) is 0 Å². The van der Waals surface area contributed by atoms with Crippen molar-refractivity contribution in [3.05, 3.63) is 0 Å². The van der Waals surface area contributed by atoms with Crippen molar-refractivity contribution >= 4 is 0 Å². The van der Waals surface area contributed by atoms with E-state index in [1.54, 1.807) is 0 Å². The zero-order valence-electron chi connectivity index (χ0n) is 7.88. The van der Waals surface area contributed by atoms with E-state index in [4.69, 9.17) is 10.6 Å². The van der Waals surface area contributed by atoms with E-state index in [2.05, 4.69) is 12.3 Å². The lowest BCUT2D eigenvalue weighted by Gasteiger charge is -2.23. The molecule has 0 saturated carbocycles. The van der Waals surface area contributed by atoms with Gasteiger partial charge in [0.05, 0.1) is 6.10 Å². The third kappa shape index (κ3) is 3.52. The molecule has 72 valence electrons. The Morgan fingerprint density at radius 2 is 2.42 bits per heavy atom. The molecule has 1 aliphatic rings. The molecule has 3 nitrogen and oxygen atoms in total. The van der Waals surface area contributed by atoms with E-state index >= 15 is 0 Å². The van der Waals surface area contributed by atoms with Gasteiger partial charge in [0, 0.05) is 12.6 Å². The van der Waals surface area contributed by atoms with Gasteiger partial charge in [0.25, 0.3) is 0 Å². The lowest BCUT2D eigenvalue weighted by atomic mass is 10.0. The first kappa shape index (κ1) is 9.96. The Labute approximate surface area is 74.6 Å². The predicted molar refractivity (Wildman–Crippen MR) is 49.6 cm³/mol. The van der Waals surface area contributed by atoms with Crippen molar-refractivity contribution in [2.45, 2.75) is 51.2 Å². The maximum absolute atomic E-state index is 5.60. The first-order valence-corrected chi connectivity index (χ1v) is 4.90. The number of nitrogens with one attached hydrogen (secondary N) is 1. The molecule has 1 saturated heterocycles. The van der Waals surface area contributed by atoms with Crippen LogP contribution in [0.15, 0.2) is 0 Å². The highest BCUT2D eigenvalue weighted by Crippen LogP contribution is 2.17. The Hall–Kier alpha value is -0.120. The zero-order valence-corrected chi connectivity index (χ0v) is 7.88. The van der Waals surface area contributed by atoms with E-state index in [1.165, 1.54) is 19.3 Å². The number of rotatable bonds is 4. The predicted octanol–water partition coefficient (Wildman–Crippen LogP) is 1.19. The Morgan fingerprint density at radius 3 is 3.00 bits per heavy atom. The summed E-state index contributed by atoms with van der Waals surface area (Å²) in [5.41, 5.74) is 2.75. The van der Waals surface area contributed by atoms with E-state index in [9.17, 15) is 0 Å². The van der Waals surface area contributed by atoms with Gasteiger partial charge in [0.2, 0.25) is 0 Å². The molecule has 0 bridgehead atoms. The molecule has 3 heteroatoms. The van der Waals surface area contributed by atoms with E-state index in [-0.39, 0.29) is 0 Å². The number of hydrazine groups is 1. The van der Waals surface area contributed by atoms with Gasteiger partial charge in [0.1, 0.15) is 0 Å². The fraction of sp³-hybridized carbons (Fsp3) is 1.00. The first-order chi connectivity index (χ1) is 5.83. The Kier molecular flexibility index (Phi) is 4.58. The van der Waals surface area contributed by atoms with Crippen molar-refractivity contribution in [1.82, 2.24) is 5.43 Å². The average molecular weight is 172 g/mol. The summed E-state index contributed by atoms with van der Waals surface area (Å²) in [5, 5.41) is 0. The van der Waals surface area contributed by atoms with Crippen LogP contribution in [0.2, 0.25) is 0 Å². The summed E-state index contributed by atoms with van der Waals surface area (Å²) in [7, 11) is 0. The van der Waals surface area contributed by atoms with Crippen molar-refractivity contribution < 1.29 is 4.74 Å². The van der Waals surface area contributed by atoms with Crippen LogP contribution in [0.1, 0.15) is 39.0 Å². The molecule has 2 atom stereocenters. The van der Waals surface area contributed by atoms with Crippen molar-refractivity contribution in [3.8, 4) is 0 Å². The summed E-state index contributed by atoms with van der Waals surface area (Å²) >= 11 is 0. The molecule has 2 unspecified atom stereocenters. The van der Waals surface area contributed by atoms with Gasteiger partial charge in [-0.3, -0.25) is 11.3 Å². The van der Waals surface area contributed by atoms with Crippen LogP contribution in [0, 0.1) is 0 Å². The molecule has 0 aromatic heterocycles. The highest BCUT2D eigenvalue weighted by molar-refractivity contribution is 4.66. The van der Waals surface area contributed by atoms with Gasteiger partial charge in [-0.2, -0.15) is 0 Å². The third-order valence-corrected chi connectivity index (χ3v) is 2.48. The molecule has 1 heterocycles. The largest absolute Gasteiger partial charge is 0.378 e. The van der Waals surface area contributed by atoms with Gasteiger partial charge < -0.3 is 4.74 Å². The van der Waals surface area contributed by atoms with Gasteiger partial charge >= 0.3 is 0 Å². The Morgan fingerprint density at radius 1 is 1.58 bits per heavy atom. The van der Waals surface area contributed by atoms with Crippen LogP contribution in [0.5, 0.6) is 0 Å². The lowest BCUT2D eigenvalue weighted by molar-refractivity contribution is 0.00886. The van der Waals surface area contributed by atoms with E-state index in [0.717, 1.165) is 19.4 Å². The van der Waals surface area contributed by atoms with Crippen molar-refractivity contribution in [1.29, 1.82) is 0 Å². The van der Waals surface area contributed by atoms with Gasteiger partial charge in [-0.1, -0.05) is 0 Å². The summed E-state index contributed by atoms with van der Waals surface area (Å²) in [5.74, 6) is 5.30. The second kappa shape index (κ2) is 5.51. The minimum absolute atomic E-state index is 0.413. The smallest absolute Gasteiger partial charge is 0.0575 e. The molecule has 0 aromatic rings.